The van der Waals surface area contributed by atoms with Crippen LogP contribution in [-0.2, 0) is 4.74 Å². The van der Waals surface area contributed by atoms with E-state index in [9.17, 15) is 26.7 Å². The Morgan fingerprint density at radius 2 is 1.67 bits per heavy atom. The van der Waals surface area contributed by atoms with E-state index in [4.69, 9.17) is 4.74 Å². The number of rotatable bonds is 7. The van der Waals surface area contributed by atoms with Gasteiger partial charge in [-0.2, -0.15) is 8.78 Å². The normalized spacial score (nSPS) is 12.3. The summed E-state index contributed by atoms with van der Waals surface area (Å²) < 4.78 is 68.3. The van der Waals surface area contributed by atoms with Crippen LogP contribution in [0.25, 0.3) is 0 Å². The molecule has 7 heteroatoms. The molecule has 2 nitrogen and oxygen atoms in total. The lowest BCUT2D eigenvalue weighted by molar-refractivity contribution is -0.201. The van der Waals surface area contributed by atoms with Gasteiger partial charge in [-0.1, -0.05) is 0 Å². The first-order valence-corrected chi connectivity index (χ1v) is 6.32. The molecule has 0 saturated heterocycles. The first kappa shape index (κ1) is 17.4. The van der Waals surface area contributed by atoms with Crippen LogP contribution in [0.1, 0.15) is 36.5 Å². The summed E-state index contributed by atoms with van der Waals surface area (Å²) in [6.07, 6.45) is -1.14. The van der Waals surface area contributed by atoms with Crippen molar-refractivity contribution < 1.29 is 31.5 Å². The number of unbranched alkanes of at least 4 members (excludes halogenated alkanes) is 1. The molecule has 118 valence electrons. The minimum atomic E-state index is -4.08. The maximum absolute atomic E-state index is 12.9. The lowest BCUT2D eigenvalue weighted by Gasteiger charge is -2.22. The SMILES string of the molecule is CC(F)(F)C(F)(F)CCCCOC(=O)c1ccc(F)cc1. The Kier molecular flexibility index (Phi) is 5.69. The van der Waals surface area contributed by atoms with Crippen molar-refractivity contribution in [1.29, 1.82) is 0 Å². The van der Waals surface area contributed by atoms with Gasteiger partial charge in [0.2, 0.25) is 0 Å². The zero-order valence-corrected chi connectivity index (χ0v) is 11.3. The Balaban J connectivity index is 2.29. The van der Waals surface area contributed by atoms with Crippen LogP contribution in [0.3, 0.4) is 0 Å². The van der Waals surface area contributed by atoms with Crippen LogP contribution in [0.15, 0.2) is 24.3 Å². The monoisotopic (exact) mass is 310 g/mol. The molecule has 0 aliphatic heterocycles. The highest BCUT2D eigenvalue weighted by molar-refractivity contribution is 5.89. The number of hydrogen-bond donors (Lipinski definition) is 0. The molecule has 0 radical (unpaired) electrons. The zero-order chi connectivity index (χ0) is 16.1. The van der Waals surface area contributed by atoms with Crippen molar-refractivity contribution in [3.8, 4) is 0 Å². The highest BCUT2D eigenvalue weighted by atomic mass is 19.3. The molecule has 1 rings (SSSR count). The molecule has 0 amide bonds. The van der Waals surface area contributed by atoms with E-state index >= 15 is 0 Å². The van der Waals surface area contributed by atoms with Gasteiger partial charge in [-0.25, -0.2) is 18.0 Å². The number of halogens is 5. The molecule has 1 aromatic rings. The van der Waals surface area contributed by atoms with E-state index in [1.165, 1.54) is 12.1 Å². The Morgan fingerprint density at radius 3 is 2.19 bits per heavy atom. The van der Waals surface area contributed by atoms with E-state index in [-0.39, 0.29) is 31.9 Å². The maximum atomic E-state index is 12.9. The van der Waals surface area contributed by atoms with Gasteiger partial charge < -0.3 is 4.74 Å². The molecule has 0 saturated carbocycles. The first-order chi connectivity index (χ1) is 9.63. The molecule has 0 unspecified atom stereocenters. The van der Waals surface area contributed by atoms with Gasteiger partial charge >= 0.3 is 17.8 Å². The van der Waals surface area contributed by atoms with Crippen molar-refractivity contribution in [2.75, 3.05) is 6.61 Å². The smallest absolute Gasteiger partial charge is 0.338 e. The summed E-state index contributed by atoms with van der Waals surface area (Å²) in [7, 11) is 0. The van der Waals surface area contributed by atoms with Gasteiger partial charge in [0, 0.05) is 13.3 Å². The van der Waals surface area contributed by atoms with Gasteiger partial charge in [0.15, 0.2) is 0 Å². The maximum Gasteiger partial charge on any atom is 0.338 e. The number of carbonyl (C=O) groups is 1. The zero-order valence-electron chi connectivity index (χ0n) is 11.3. The summed E-state index contributed by atoms with van der Waals surface area (Å²) >= 11 is 0. The Labute approximate surface area is 118 Å². The Hall–Kier alpha value is -1.66. The van der Waals surface area contributed by atoms with Crippen molar-refractivity contribution in [3.63, 3.8) is 0 Å². The highest BCUT2D eigenvalue weighted by Crippen LogP contribution is 2.37. The Bertz CT molecular complexity index is 465. The molecule has 1 aromatic carbocycles. The van der Waals surface area contributed by atoms with Gasteiger partial charge in [0.1, 0.15) is 5.82 Å². The molecule has 0 heterocycles. The molecule has 0 bridgehead atoms. The van der Waals surface area contributed by atoms with Crippen LogP contribution < -0.4 is 0 Å². The van der Waals surface area contributed by atoms with E-state index < -0.39 is 30.1 Å². The van der Waals surface area contributed by atoms with Crippen molar-refractivity contribution in [2.45, 2.75) is 38.0 Å². The fourth-order valence-corrected chi connectivity index (χ4v) is 1.50. The molecule has 0 aliphatic rings. The van der Waals surface area contributed by atoms with Crippen LogP contribution in [0.5, 0.6) is 0 Å². The van der Waals surface area contributed by atoms with E-state index in [1.54, 1.807) is 0 Å². The van der Waals surface area contributed by atoms with Gasteiger partial charge in [0.05, 0.1) is 12.2 Å². The van der Waals surface area contributed by atoms with Gasteiger partial charge in [-0.05, 0) is 37.1 Å². The third-order valence-electron chi connectivity index (χ3n) is 2.84. The van der Waals surface area contributed by atoms with Crippen molar-refractivity contribution >= 4 is 5.97 Å². The molecule has 0 aliphatic carbocycles. The summed E-state index contributed by atoms with van der Waals surface area (Å²) in [5.74, 6) is -9.37. The number of hydrogen-bond acceptors (Lipinski definition) is 2. The summed E-state index contributed by atoms with van der Waals surface area (Å²) in [5.41, 5.74) is 0.127. The molecular weight excluding hydrogens is 295 g/mol. The summed E-state index contributed by atoms with van der Waals surface area (Å²) in [6, 6.07) is 4.62. The number of esters is 1. The van der Waals surface area contributed by atoms with Crippen molar-refractivity contribution in [3.05, 3.63) is 35.6 Å². The summed E-state index contributed by atoms with van der Waals surface area (Å²) in [4.78, 5) is 11.5. The standard InChI is InChI=1S/C14H15F5O2/c1-13(16,17)14(18,19)8-2-3-9-21-12(20)10-4-6-11(15)7-5-10/h4-7H,2-3,8-9H2,1H3. The predicted octanol–water partition coefficient (Wildman–Crippen LogP) is 4.44. The summed E-state index contributed by atoms with van der Waals surface area (Å²) in [6.45, 7) is 0.00311. The molecule has 0 atom stereocenters. The largest absolute Gasteiger partial charge is 0.462 e. The molecule has 0 N–H and O–H groups in total. The second-order valence-electron chi connectivity index (χ2n) is 4.69. The minimum absolute atomic E-state index is 0.0403. The third kappa shape index (κ3) is 5.32. The topological polar surface area (TPSA) is 26.3 Å². The lowest BCUT2D eigenvalue weighted by atomic mass is 10.1. The quantitative estimate of drug-likeness (QED) is 0.423. The van der Waals surface area contributed by atoms with Gasteiger partial charge in [0.25, 0.3) is 0 Å². The molecule has 0 spiro atoms. The average molecular weight is 310 g/mol. The number of carbonyl (C=O) groups excluding carboxylic acids is 1. The minimum Gasteiger partial charge on any atom is -0.462 e. The third-order valence-corrected chi connectivity index (χ3v) is 2.84. The second-order valence-corrected chi connectivity index (χ2v) is 4.69. The van der Waals surface area contributed by atoms with Crippen LogP contribution in [0.2, 0.25) is 0 Å². The van der Waals surface area contributed by atoms with E-state index in [0.29, 0.717) is 0 Å². The summed E-state index contributed by atoms with van der Waals surface area (Å²) in [5, 5.41) is 0. The number of alkyl halides is 4. The van der Waals surface area contributed by atoms with Crippen LogP contribution in [-0.4, -0.2) is 24.4 Å². The van der Waals surface area contributed by atoms with Crippen molar-refractivity contribution in [2.24, 2.45) is 0 Å². The molecule has 0 fully saturated rings. The van der Waals surface area contributed by atoms with Crippen molar-refractivity contribution in [1.82, 2.24) is 0 Å². The fraction of sp³-hybridized carbons (Fsp3) is 0.500. The molecule has 0 aromatic heterocycles. The van der Waals surface area contributed by atoms with Crippen LogP contribution >= 0.6 is 0 Å². The predicted molar refractivity (Wildman–Crippen MR) is 66.1 cm³/mol. The highest BCUT2D eigenvalue weighted by Gasteiger charge is 2.51. The van der Waals surface area contributed by atoms with E-state index in [2.05, 4.69) is 0 Å². The van der Waals surface area contributed by atoms with Gasteiger partial charge in [-0.3, -0.25) is 0 Å². The fourth-order valence-electron chi connectivity index (χ4n) is 1.50. The number of benzene rings is 1. The van der Waals surface area contributed by atoms with Crippen LogP contribution in [0.4, 0.5) is 22.0 Å². The number of ether oxygens (including phenoxy) is 1. The molecule has 21 heavy (non-hydrogen) atoms. The Morgan fingerprint density at radius 1 is 1.10 bits per heavy atom. The van der Waals surface area contributed by atoms with E-state index in [1.807, 2.05) is 0 Å². The first-order valence-electron chi connectivity index (χ1n) is 6.32. The molecular formula is C14H15F5O2. The average Bonchev–Trinajstić information content (AvgIpc) is 2.37. The van der Waals surface area contributed by atoms with Crippen LogP contribution in [0, 0.1) is 5.82 Å². The van der Waals surface area contributed by atoms with Gasteiger partial charge in [-0.15, -0.1) is 0 Å². The second kappa shape index (κ2) is 6.87. The van der Waals surface area contributed by atoms with E-state index in [0.717, 1.165) is 12.1 Å². The lowest BCUT2D eigenvalue weighted by Crippen LogP contribution is -2.37.